The highest BCUT2D eigenvalue weighted by atomic mass is 19.4. The number of anilines is 1. The lowest BCUT2D eigenvalue weighted by Gasteiger charge is -2.15. The van der Waals surface area contributed by atoms with E-state index in [-0.39, 0.29) is 17.5 Å². The molecule has 0 aliphatic heterocycles. The van der Waals surface area contributed by atoms with Crippen molar-refractivity contribution in [2.75, 3.05) is 5.73 Å². The first-order valence-corrected chi connectivity index (χ1v) is 5.53. The van der Waals surface area contributed by atoms with Crippen LogP contribution in [0.1, 0.15) is 23.1 Å². The van der Waals surface area contributed by atoms with Gasteiger partial charge in [-0.3, -0.25) is 0 Å². The summed E-state index contributed by atoms with van der Waals surface area (Å²) in [4.78, 5) is 10.8. The summed E-state index contributed by atoms with van der Waals surface area (Å²) in [6, 6.07) is 2.53. The van der Waals surface area contributed by atoms with Crippen LogP contribution in [-0.2, 0) is 6.18 Å². The van der Waals surface area contributed by atoms with E-state index in [1.807, 2.05) is 5.32 Å². The van der Waals surface area contributed by atoms with Crippen molar-refractivity contribution in [3.63, 3.8) is 0 Å². The van der Waals surface area contributed by atoms with Gasteiger partial charge in [0.25, 0.3) is 0 Å². The molecule has 0 saturated heterocycles. The molecule has 1 unspecified atom stereocenters. The molecule has 1 amide bonds. The topological polar surface area (TPSA) is 114 Å². The second-order valence-electron chi connectivity index (χ2n) is 3.98. The van der Waals surface area contributed by atoms with Gasteiger partial charge >= 0.3 is 18.3 Å². The van der Waals surface area contributed by atoms with Crippen LogP contribution >= 0.6 is 0 Å². The minimum atomic E-state index is -4.56. The van der Waals surface area contributed by atoms with Crippen LogP contribution in [0.15, 0.2) is 28.7 Å². The lowest BCUT2D eigenvalue weighted by Crippen LogP contribution is -2.28. The van der Waals surface area contributed by atoms with Gasteiger partial charge in [0.15, 0.2) is 0 Å². The lowest BCUT2D eigenvalue weighted by atomic mass is 10.0. The molecule has 1 aromatic carbocycles. The van der Waals surface area contributed by atoms with E-state index in [0.29, 0.717) is 0 Å². The molecule has 21 heavy (non-hydrogen) atoms. The molecule has 112 valence electrons. The van der Waals surface area contributed by atoms with Crippen LogP contribution in [0, 0.1) is 0 Å². The van der Waals surface area contributed by atoms with Crippen molar-refractivity contribution in [2.24, 2.45) is 0 Å². The first kappa shape index (κ1) is 14.6. The van der Waals surface area contributed by atoms with Crippen LogP contribution < -0.4 is 11.1 Å². The molecule has 1 atom stereocenters. The number of carbonyl (C=O) groups is 1. The predicted molar refractivity (Wildman–Crippen MR) is 63.2 cm³/mol. The minimum Gasteiger partial charge on any atom is -0.465 e. The number of amides is 1. The number of benzene rings is 1. The van der Waals surface area contributed by atoms with Gasteiger partial charge in [-0.05, 0) is 17.7 Å². The summed E-state index contributed by atoms with van der Waals surface area (Å²) < 4.78 is 43.0. The molecular weight excluding hydrogens is 293 g/mol. The molecule has 1 aromatic heterocycles. The van der Waals surface area contributed by atoms with Gasteiger partial charge in [0, 0.05) is 0 Å². The summed E-state index contributed by atoms with van der Waals surface area (Å²) in [7, 11) is 0. The van der Waals surface area contributed by atoms with Crippen LogP contribution in [0.5, 0.6) is 0 Å². The van der Waals surface area contributed by atoms with Gasteiger partial charge in [-0.1, -0.05) is 17.2 Å². The van der Waals surface area contributed by atoms with Gasteiger partial charge < -0.3 is 20.6 Å². The number of nitrogens with one attached hydrogen (secondary N) is 1. The Hall–Kier alpha value is -2.78. The Kier molecular flexibility index (Phi) is 3.70. The van der Waals surface area contributed by atoms with E-state index in [1.165, 1.54) is 6.07 Å². The van der Waals surface area contributed by atoms with E-state index in [2.05, 4.69) is 10.2 Å². The summed E-state index contributed by atoms with van der Waals surface area (Å²) >= 11 is 0. The van der Waals surface area contributed by atoms with Gasteiger partial charge in [-0.25, -0.2) is 4.79 Å². The maximum Gasteiger partial charge on any atom is 0.416 e. The van der Waals surface area contributed by atoms with Gasteiger partial charge in [0.1, 0.15) is 6.04 Å². The lowest BCUT2D eigenvalue weighted by molar-refractivity contribution is -0.137. The Bertz CT molecular complexity index is 656. The van der Waals surface area contributed by atoms with E-state index in [0.717, 1.165) is 18.2 Å². The number of nitrogen functional groups attached to an aromatic ring is 1. The molecule has 2 rings (SSSR count). The molecular formula is C11H9F3N4O3. The second kappa shape index (κ2) is 5.31. The van der Waals surface area contributed by atoms with Gasteiger partial charge in [-0.2, -0.15) is 13.2 Å². The zero-order valence-corrected chi connectivity index (χ0v) is 10.3. The number of halogens is 3. The van der Waals surface area contributed by atoms with Crippen molar-refractivity contribution < 1.29 is 27.5 Å². The van der Waals surface area contributed by atoms with Crippen molar-refractivity contribution in [3.8, 4) is 0 Å². The first-order chi connectivity index (χ1) is 9.77. The molecule has 1 heterocycles. The van der Waals surface area contributed by atoms with Crippen molar-refractivity contribution in [1.29, 1.82) is 0 Å². The number of nitrogens with two attached hydrogens (primary N) is 1. The van der Waals surface area contributed by atoms with Crippen molar-refractivity contribution in [2.45, 2.75) is 12.2 Å². The Morgan fingerprint density at radius 1 is 1.38 bits per heavy atom. The van der Waals surface area contributed by atoms with E-state index in [9.17, 15) is 18.0 Å². The molecule has 0 aliphatic carbocycles. The van der Waals surface area contributed by atoms with Crippen molar-refractivity contribution in [1.82, 2.24) is 15.5 Å². The standard InChI is InChI=1S/C11H9F3N4O3/c12-11(13,14)6-3-1-2-5(4-6)7(16-10(19)20)8-17-18-9(15)21-8/h1-4,7,16H,(H2,15,18)(H,19,20). The van der Waals surface area contributed by atoms with E-state index in [1.54, 1.807) is 0 Å². The fourth-order valence-electron chi connectivity index (χ4n) is 1.67. The highest BCUT2D eigenvalue weighted by molar-refractivity contribution is 5.65. The summed E-state index contributed by atoms with van der Waals surface area (Å²) in [6.07, 6.45) is -6.02. The second-order valence-corrected chi connectivity index (χ2v) is 3.98. The zero-order chi connectivity index (χ0) is 15.6. The number of hydrogen-bond acceptors (Lipinski definition) is 5. The maximum absolute atomic E-state index is 12.7. The fraction of sp³-hybridized carbons (Fsp3) is 0.182. The van der Waals surface area contributed by atoms with E-state index >= 15 is 0 Å². The molecule has 7 nitrogen and oxygen atoms in total. The van der Waals surface area contributed by atoms with E-state index in [4.69, 9.17) is 15.3 Å². The smallest absolute Gasteiger partial charge is 0.416 e. The molecule has 0 radical (unpaired) electrons. The summed E-state index contributed by atoms with van der Waals surface area (Å²) in [5, 5.41) is 17.6. The van der Waals surface area contributed by atoms with Gasteiger partial charge in [0.2, 0.25) is 5.89 Å². The summed E-state index contributed by atoms with van der Waals surface area (Å²) in [6.45, 7) is 0. The van der Waals surface area contributed by atoms with Crippen molar-refractivity contribution >= 4 is 12.1 Å². The average Bonchev–Trinajstić information content (AvgIpc) is 2.81. The SMILES string of the molecule is Nc1nnc(C(NC(=O)O)c2cccc(C(F)(F)F)c2)o1. The number of aromatic nitrogens is 2. The van der Waals surface area contributed by atoms with Crippen molar-refractivity contribution in [3.05, 3.63) is 41.3 Å². The van der Waals surface area contributed by atoms with Gasteiger partial charge in [-0.15, -0.1) is 5.10 Å². The molecule has 0 spiro atoms. The summed E-state index contributed by atoms with van der Waals surface area (Å²) in [5.74, 6) is -0.255. The number of alkyl halides is 3. The first-order valence-electron chi connectivity index (χ1n) is 5.53. The molecule has 2 aromatic rings. The Labute approximate surface area is 115 Å². The third kappa shape index (κ3) is 3.41. The number of rotatable bonds is 3. The molecule has 0 aliphatic rings. The van der Waals surface area contributed by atoms with Crippen LogP contribution in [0.4, 0.5) is 24.0 Å². The highest BCUT2D eigenvalue weighted by Gasteiger charge is 2.32. The number of carboxylic acid groups (broad SMARTS) is 1. The molecule has 10 heteroatoms. The van der Waals surface area contributed by atoms with Crippen LogP contribution in [-0.4, -0.2) is 21.4 Å². The monoisotopic (exact) mass is 302 g/mol. The minimum absolute atomic E-state index is 0.00382. The predicted octanol–water partition coefficient (Wildman–Crippen LogP) is 2.03. The summed E-state index contributed by atoms with van der Waals surface area (Å²) in [5.41, 5.74) is 4.30. The number of nitrogens with zero attached hydrogens (tertiary/aromatic N) is 2. The normalized spacial score (nSPS) is 12.9. The average molecular weight is 302 g/mol. The third-order valence-electron chi connectivity index (χ3n) is 2.52. The Balaban J connectivity index is 2.44. The van der Waals surface area contributed by atoms with Crippen LogP contribution in [0.3, 0.4) is 0 Å². The van der Waals surface area contributed by atoms with E-state index < -0.39 is 23.9 Å². The van der Waals surface area contributed by atoms with Crippen LogP contribution in [0.2, 0.25) is 0 Å². The Morgan fingerprint density at radius 2 is 2.10 bits per heavy atom. The van der Waals surface area contributed by atoms with Crippen LogP contribution in [0.25, 0.3) is 0 Å². The zero-order valence-electron chi connectivity index (χ0n) is 10.3. The maximum atomic E-state index is 12.7. The largest absolute Gasteiger partial charge is 0.465 e. The third-order valence-corrected chi connectivity index (χ3v) is 2.52. The number of hydrogen-bond donors (Lipinski definition) is 3. The molecule has 0 fully saturated rings. The highest BCUT2D eigenvalue weighted by Crippen LogP contribution is 2.32. The molecule has 4 N–H and O–H groups in total. The Morgan fingerprint density at radius 3 is 2.62 bits per heavy atom. The van der Waals surface area contributed by atoms with Gasteiger partial charge in [0.05, 0.1) is 5.56 Å². The quantitative estimate of drug-likeness (QED) is 0.799. The molecule has 0 saturated carbocycles. The molecule has 0 bridgehead atoms. The fourth-order valence-corrected chi connectivity index (χ4v) is 1.67.